The SMILES string of the molecule is O=[P@@]12O[C@@H]([C@@H](O)[C@@H](Cc3ccccc3)N1CC1CC1)[C@@H](Cc1ccccc1)N2CC1CC1. The van der Waals surface area contributed by atoms with Crippen molar-refractivity contribution < 1.29 is 14.2 Å². The summed E-state index contributed by atoms with van der Waals surface area (Å²) in [4.78, 5) is 0. The predicted octanol–water partition coefficient (Wildman–Crippen LogP) is 4.51. The standard InChI is InChI=1S/C26H33N2O3P/c29-25-23(15-19-7-3-1-4-8-19)27(17-21-11-12-21)32(30)28(18-22-13-14-22)24(26(25)31-32)16-20-9-5-2-6-10-20/h1-10,21-26,29H,11-18H2/t23-,24-,25+,26-,32-/m1/s1. The van der Waals surface area contributed by atoms with E-state index in [9.17, 15) is 9.67 Å². The van der Waals surface area contributed by atoms with Crippen LogP contribution >= 0.6 is 7.67 Å². The van der Waals surface area contributed by atoms with Gasteiger partial charge in [0.25, 0.3) is 0 Å². The molecule has 0 spiro atoms. The Morgan fingerprint density at radius 1 is 0.781 bits per heavy atom. The average molecular weight is 453 g/mol. The molecule has 0 radical (unpaired) electrons. The largest absolute Gasteiger partial charge is 0.389 e. The number of fused-ring (bicyclic) bond motifs is 2. The van der Waals surface area contributed by atoms with Crippen LogP contribution in [0.5, 0.6) is 0 Å². The van der Waals surface area contributed by atoms with Gasteiger partial charge in [-0.05, 0) is 61.5 Å². The summed E-state index contributed by atoms with van der Waals surface area (Å²) in [5.41, 5.74) is 2.39. The molecule has 2 saturated heterocycles. The van der Waals surface area contributed by atoms with Gasteiger partial charge in [-0.25, -0.2) is 9.34 Å². The quantitative estimate of drug-likeness (QED) is 0.597. The van der Waals surface area contributed by atoms with Gasteiger partial charge in [0.15, 0.2) is 0 Å². The van der Waals surface area contributed by atoms with E-state index in [-0.39, 0.29) is 12.1 Å². The summed E-state index contributed by atoms with van der Waals surface area (Å²) in [7, 11) is -3.19. The summed E-state index contributed by atoms with van der Waals surface area (Å²) >= 11 is 0. The van der Waals surface area contributed by atoms with E-state index >= 15 is 0 Å². The summed E-state index contributed by atoms with van der Waals surface area (Å²) in [5.74, 6) is 1.18. The second kappa shape index (κ2) is 8.38. The minimum atomic E-state index is -3.19. The number of aliphatic hydroxyl groups excluding tert-OH is 1. The lowest BCUT2D eigenvalue weighted by molar-refractivity contribution is -0.0368. The van der Waals surface area contributed by atoms with Gasteiger partial charge >= 0.3 is 7.67 Å². The first kappa shape index (κ1) is 21.1. The Morgan fingerprint density at radius 2 is 1.25 bits per heavy atom. The van der Waals surface area contributed by atoms with E-state index in [0.717, 1.165) is 19.5 Å². The van der Waals surface area contributed by atoms with E-state index in [0.29, 0.717) is 18.3 Å². The van der Waals surface area contributed by atoms with Gasteiger partial charge in [0.1, 0.15) is 6.10 Å². The molecule has 2 heterocycles. The number of nitrogens with zero attached hydrogens (tertiary/aromatic N) is 2. The van der Waals surface area contributed by atoms with Crippen LogP contribution < -0.4 is 0 Å². The maximum atomic E-state index is 14.7. The summed E-state index contributed by atoms with van der Waals surface area (Å²) in [5, 5.41) is 11.6. The van der Waals surface area contributed by atoms with Crippen molar-refractivity contribution in [1.29, 1.82) is 0 Å². The third kappa shape index (κ3) is 3.99. The highest BCUT2D eigenvalue weighted by atomic mass is 31.2. The molecule has 0 amide bonds. The molecule has 6 heteroatoms. The van der Waals surface area contributed by atoms with Crippen molar-refractivity contribution in [3.05, 3.63) is 71.8 Å². The van der Waals surface area contributed by atoms with Crippen LogP contribution in [0.4, 0.5) is 0 Å². The highest BCUT2D eigenvalue weighted by Gasteiger charge is 2.63. The molecular weight excluding hydrogens is 419 g/mol. The first-order chi connectivity index (χ1) is 15.6. The average Bonchev–Trinajstić information content (AvgIpc) is 3.73. The highest BCUT2D eigenvalue weighted by molar-refractivity contribution is 7.54. The van der Waals surface area contributed by atoms with Gasteiger partial charge in [0.2, 0.25) is 0 Å². The van der Waals surface area contributed by atoms with Crippen molar-refractivity contribution in [3.8, 4) is 0 Å². The highest BCUT2D eigenvalue weighted by Crippen LogP contribution is 2.68. The number of hydrogen-bond acceptors (Lipinski definition) is 3. The van der Waals surface area contributed by atoms with Crippen LogP contribution in [0.3, 0.4) is 0 Å². The van der Waals surface area contributed by atoms with Crippen LogP contribution in [-0.4, -0.2) is 51.8 Å². The fraction of sp³-hybridized carbons (Fsp3) is 0.538. The zero-order valence-corrected chi connectivity index (χ0v) is 19.4. The van der Waals surface area contributed by atoms with Crippen molar-refractivity contribution >= 4 is 7.67 Å². The number of hydrogen-bond donors (Lipinski definition) is 1. The number of aliphatic hydroxyl groups is 1. The van der Waals surface area contributed by atoms with Gasteiger partial charge in [-0.3, -0.25) is 9.09 Å². The lowest BCUT2D eigenvalue weighted by Crippen LogP contribution is -2.53. The van der Waals surface area contributed by atoms with Crippen LogP contribution in [0.1, 0.15) is 36.8 Å². The topological polar surface area (TPSA) is 53.0 Å². The fourth-order valence-corrected chi connectivity index (χ4v) is 8.67. The van der Waals surface area contributed by atoms with Crippen molar-refractivity contribution in [1.82, 2.24) is 9.34 Å². The van der Waals surface area contributed by atoms with Gasteiger partial charge in [0, 0.05) is 13.1 Å². The second-order valence-electron chi connectivity index (χ2n) is 10.2. The maximum absolute atomic E-state index is 14.7. The molecule has 0 aromatic heterocycles. The van der Waals surface area contributed by atoms with Crippen molar-refractivity contribution in [2.24, 2.45) is 11.8 Å². The predicted molar refractivity (Wildman–Crippen MR) is 125 cm³/mol. The van der Waals surface area contributed by atoms with Gasteiger partial charge < -0.3 is 5.11 Å². The van der Waals surface area contributed by atoms with E-state index in [1.165, 1.54) is 36.8 Å². The molecule has 5 nitrogen and oxygen atoms in total. The van der Waals surface area contributed by atoms with Crippen molar-refractivity contribution in [2.45, 2.75) is 62.8 Å². The Bertz CT molecular complexity index is 940. The molecule has 2 saturated carbocycles. The van der Waals surface area contributed by atoms with Gasteiger partial charge in [-0.2, -0.15) is 0 Å². The summed E-state index contributed by atoms with van der Waals surface area (Å²) in [6.07, 6.45) is 5.17. The number of rotatable bonds is 8. The molecular formula is C26H33N2O3P. The van der Waals surface area contributed by atoms with Crippen LogP contribution in [0, 0.1) is 11.8 Å². The molecule has 2 aliphatic heterocycles. The summed E-state index contributed by atoms with van der Waals surface area (Å²) < 4.78 is 25.4. The molecule has 2 aromatic rings. The monoisotopic (exact) mass is 452 g/mol. The maximum Gasteiger partial charge on any atom is 0.347 e. The molecule has 2 aliphatic carbocycles. The molecule has 2 aromatic carbocycles. The van der Waals surface area contributed by atoms with Crippen LogP contribution in [0.25, 0.3) is 0 Å². The van der Waals surface area contributed by atoms with E-state index in [4.69, 9.17) is 4.52 Å². The van der Waals surface area contributed by atoms with Crippen LogP contribution in [0.2, 0.25) is 0 Å². The second-order valence-corrected chi connectivity index (χ2v) is 12.4. The van der Waals surface area contributed by atoms with E-state index in [1.807, 2.05) is 24.3 Å². The van der Waals surface area contributed by atoms with E-state index in [2.05, 4.69) is 45.7 Å². The van der Waals surface area contributed by atoms with Gasteiger partial charge in [0.05, 0.1) is 18.2 Å². The normalized spacial score (nSPS) is 35.3. The molecule has 2 bridgehead atoms. The zero-order valence-electron chi connectivity index (χ0n) is 18.5. The lowest BCUT2D eigenvalue weighted by Gasteiger charge is -2.43. The Labute approximate surface area is 190 Å². The Balaban J connectivity index is 1.37. The number of benzene rings is 2. The van der Waals surface area contributed by atoms with E-state index in [1.54, 1.807) is 0 Å². The third-order valence-electron chi connectivity index (χ3n) is 7.64. The lowest BCUT2D eigenvalue weighted by atomic mass is 9.91. The molecule has 4 aliphatic rings. The minimum Gasteiger partial charge on any atom is -0.389 e. The fourth-order valence-electron chi connectivity index (χ4n) is 5.49. The summed E-state index contributed by atoms with van der Waals surface area (Å²) in [6.45, 7) is 1.58. The van der Waals surface area contributed by atoms with Crippen LogP contribution in [-0.2, 0) is 21.9 Å². The van der Waals surface area contributed by atoms with E-state index < -0.39 is 19.9 Å². The third-order valence-corrected chi connectivity index (χ3v) is 10.4. The van der Waals surface area contributed by atoms with Crippen molar-refractivity contribution in [2.75, 3.05) is 13.1 Å². The minimum absolute atomic E-state index is 0.0543. The van der Waals surface area contributed by atoms with Crippen LogP contribution in [0.15, 0.2) is 60.7 Å². The van der Waals surface area contributed by atoms with Gasteiger partial charge in [-0.1, -0.05) is 60.7 Å². The molecule has 170 valence electrons. The zero-order chi connectivity index (χ0) is 21.7. The Kier molecular flexibility index (Phi) is 5.52. The summed E-state index contributed by atoms with van der Waals surface area (Å²) in [6, 6.07) is 20.5. The first-order valence-corrected chi connectivity index (χ1v) is 13.7. The smallest absolute Gasteiger partial charge is 0.347 e. The first-order valence-electron chi connectivity index (χ1n) is 12.2. The van der Waals surface area contributed by atoms with Gasteiger partial charge in [-0.15, -0.1) is 0 Å². The molecule has 6 rings (SSSR count). The Hall–Kier alpha value is -1.49. The molecule has 4 fully saturated rings. The molecule has 0 unspecified atom stereocenters. The molecule has 32 heavy (non-hydrogen) atoms. The molecule has 5 atom stereocenters. The Morgan fingerprint density at radius 3 is 1.75 bits per heavy atom. The molecule has 1 N–H and O–H groups in total. The van der Waals surface area contributed by atoms with Crippen molar-refractivity contribution in [3.63, 3.8) is 0 Å².